The van der Waals surface area contributed by atoms with Gasteiger partial charge in [-0.2, -0.15) is 23.3 Å². The van der Waals surface area contributed by atoms with E-state index in [1.54, 1.807) is 18.2 Å². The van der Waals surface area contributed by atoms with Crippen molar-refractivity contribution in [1.82, 2.24) is 9.88 Å². The second-order valence-electron chi connectivity index (χ2n) is 10.2. The van der Waals surface area contributed by atoms with Gasteiger partial charge in [-0.05, 0) is 48.4 Å². The lowest BCUT2D eigenvalue weighted by Gasteiger charge is -2.26. The molecule has 3 aromatic carbocycles. The van der Waals surface area contributed by atoms with Crippen molar-refractivity contribution < 1.29 is 41.3 Å². The number of fused-ring (bicyclic) bond motifs is 1. The Bertz CT molecular complexity index is 1710. The van der Waals surface area contributed by atoms with Crippen LogP contribution in [0.1, 0.15) is 17.5 Å². The van der Waals surface area contributed by atoms with Crippen LogP contribution < -0.4 is 25.0 Å². The summed E-state index contributed by atoms with van der Waals surface area (Å²) in [6.45, 7) is 4.62. The Labute approximate surface area is 261 Å². The summed E-state index contributed by atoms with van der Waals surface area (Å²) in [5, 5.41) is 5.07. The number of primary amides is 1. The van der Waals surface area contributed by atoms with Crippen LogP contribution in [-0.4, -0.2) is 68.7 Å². The van der Waals surface area contributed by atoms with Crippen molar-refractivity contribution in [1.29, 1.82) is 0 Å². The van der Waals surface area contributed by atoms with E-state index < -0.39 is 23.6 Å². The van der Waals surface area contributed by atoms with Crippen LogP contribution in [0.25, 0.3) is 10.9 Å². The topological polar surface area (TPSA) is 112 Å². The number of aromatic nitrogens is 1. The minimum absolute atomic E-state index is 0.0584. The fourth-order valence-electron chi connectivity index (χ4n) is 4.78. The molecule has 0 spiro atoms. The molecular weight excluding hydrogens is 610 g/mol. The number of urea groups is 1. The van der Waals surface area contributed by atoms with Crippen molar-refractivity contribution in [3.8, 4) is 23.0 Å². The van der Waals surface area contributed by atoms with Crippen LogP contribution in [0.4, 0.5) is 28.0 Å². The summed E-state index contributed by atoms with van der Waals surface area (Å²) in [6.07, 6.45) is -1.22. The van der Waals surface area contributed by atoms with Crippen LogP contribution in [-0.2, 0) is 10.9 Å². The van der Waals surface area contributed by atoms with Gasteiger partial charge in [-0.3, -0.25) is 9.88 Å². The smallest absolute Gasteiger partial charge is 0.416 e. The first-order valence-corrected chi connectivity index (χ1v) is 14.3. The van der Waals surface area contributed by atoms with Crippen LogP contribution in [0.15, 0.2) is 72.0 Å². The lowest BCUT2D eigenvalue weighted by molar-refractivity contribution is -0.137. The number of pyridine rings is 1. The molecule has 0 atom stereocenters. The van der Waals surface area contributed by atoms with Crippen molar-refractivity contribution >= 4 is 28.8 Å². The van der Waals surface area contributed by atoms with Gasteiger partial charge in [0, 0.05) is 43.4 Å². The van der Waals surface area contributed by atoms with Crippen molar-refractivity contribution in [2.45, 2.75) is 12.6 Å². The van der Waals surface area contributed by atoms with E-state index >= 15 is 4.39 Å². The average molecular weight is 642 g/mol. The first-order valence-electron chi connectivity index (χ1n) is 14.3. The lowest BCUT2D eigenvalue weighted by atomic mass is 10.1. The Hall–Kier alpha value is -4.95. The van der Waals surface area contributed by atoms with Gasteiger partial charge in [0.15, 0.2) is 23.1 Å². The third-order valence-corrected chi connectivity index (χ3v) is 7.09. The Kier molecular flexibility index (Phi) is 10.2. The maximum Gasteiger partial charge on any atom is 0.416 e. The molecule has 2 N–H and O–H groups in total. The minimum atomic E-state index is -4.56. The van der Waals surface area contributed by atoms with Gasteiger partial charge in [-0.25, -0.2) is 9.18 Å². The van der Waals surface area contributed by atoms with Gasteiger partial charge in [0.1, 0.15) is 5.75 Å². The fraction of sp³-hybridized carbons (Fsp3) is 0.281. The molecule has 1 fully saturated rings. The zero-order chi connectivity index (χ0) is 32.7. The van der Waals surface area contributed by atoms with E-state index in [1.165, 1.54) is 37.6 Å². The number of hydrogen-bond acceptors (Lipinski definition) is 8. The Balaban J connectivity index is 1.31. The van der Waals surface area contributed by atoms with Crippen molar-refractivity contribution in [3.05, 3.63) is 83.8 Å². The molecule has 1 aliphatic heterocycles. The summed E-state index contributed by atoms with van der Waals surface area (Å²) in [5.41, 5.74) is 5.05. The molecule has 4 aromatic rings. The van der Waals surface area contributed by atoms with Crippen LogP contribution in [0.5, 0.6) is 23.0 Å². The van der Waals surface area contributed by atoms with Crippen molar-refractivity contribution in [2.24, 2.45) is 10.8 Å². The number of anilines is 1. The second-order valence-corrected chi connectivity index (χ2v) is 10.2. The monoisotopic (exact) mass is 641 g/mol. The molecule has 0 bridgehead atoms. The molecule has 0 saturated carbocycles. The Morgan fingerprint density at radius 3 is 2.59 bits per heavy atom. The molecule has 1 aromatic heterocycles. The number of rotatable bonds is 11. The summed E-state index contributed by atoms with van der Waals surface area (Å²) in [6, 6.07) is 11.8. The molecule has 14 heteroatoms. The number of hydrazone groups is 1. The van der Waals surface area contributed by atoms with Crippen LogP contribution in [0.2, 0.25) is 0 Å². The Morgan fingerprint density at radius 2 is 1.87 bits per heavy atom. The fourth-order valence-corrected chi connectivity index (χ4v) is 4.78. The van der Waals surface area contributed by atoms with Gasteiger partial charge in [0.05, 0.1) is 49.9 Å². The third-order valence-electron chi connectivity index (χ3n) is 7.09. The quantitative estimate of drug-likeness (QED) is 0.0897. The van der Waals surface area contributed by atoms with E-state index in [9.17, 15) is 18.0 Å². The van der Waals surface area contributed by atoms with Crippen LogP contribution in [0.3, 0.4) is 0 Å². The SMILES string of the molecule is COc1cc2c(Oc3ccc(N(N=Cc4cccc(C(F)(F)F)c4)C(N)=O)cc3F)ccnc2cc1OCCCN1CCOCC1. The number of amides is 2. The van der Waals surface area contributed by atoms with Gasteiger partial charge in [0.2, 0.25) is 0 Å². The maximum absolute atomic E-state index is 15.3. The molecule has 2 heterocycles. The molecule has 46 heavy (non-hydrogen) atoms. The molecular formula is C32H31F4N5O5. The highest BCUT2D eigenvalue weighted by atomic mass is 19.4. The molecule has 0 unspecified atom stereocenters. The van der Waals surface area contributed by atoms with Gasteiger partial charge in [0.25, 0.3) is 0 Å². The molecule has 10 nitrogen and oxygen atoms in total. The first kappa shape index (κ1) is 32.4. The first-order chi connectivity index (χ1) is 22.1. The summed E-state index contributed by atoms with van der Waals surface area (Å²) >= 11 is 0. The molecule has 242 valence electrons. The number of ether oxygens (including phenoxy) is 4. The van der Waals surface area contributed by atoms with Gasteiger partial charge in [-0.15, -0.1) is 0 Å². The number of hydrogen-bond donors (Lipinski definition) is 1. The molecule has 2 amide bonds. The van der Waals surface area contributed by atoms with Crippen LogP contribution in [0, 0.1) is 5.82 Å². The minimum Gasteiger partial charge on any atom is -0.493 e. The molecule has 0 radical (unpaired) electrons. The standard InChI is InChI=1S/C32H31F4N5O5/c1-43-29-18-24-26(19-30(29)45-13-3-10-40-11-14-44-15-12-40)38-9-8-27(24)46-28-7-6-23(17-25(28)33)41(31(37)42)39-20-21-4-2-5-22(16-21)32(34,35)36/h2,4-9,16-20H,3,10-15H2,1H3,(H2,37,42). The predicted octanol–water partition coefficient (Wildman–Crippen LogP) is 6.21. The Morgan fingerprint density at radius 1 is 1.07 bits per heavy atom. The second kappa shape index (κ2) is 14.4. The highest BCUT2D eigenvalue weighted by Gasteiger charge is 2.30. The number of carbonyl (C=O) groups is 1. The van der Waals surface area contributed by atoms with E-state index in [0.717, 1.165) is 63.7 Å². The molecule has 5 rings (SSSR count). The van der Waals surface area contributed by atoms with E-state index in [0.29, 0.717) is 34.0 Å². The highest BCUT2D eigenvalue weighted by Crippen LogP contribution is 2.38. The summed E-state index contributed by atoms with van der Waals surface area (Å²) < 4.78 is 77.2. The van der Waals surface area contributed by atoms with Crippen LogP contribution >= 0.6 is 0 Å². The highest BCUT2D eigenvalue weighted by molar-refractivity contribution is 5.93. The number of carbonyl (C=O) groups excluding carboxylic acids is 1. The van der Waals surface area contributed by atoms with Crippen molar-refractivity contribution in [3.63, 3.8) is 0 Å². The van der Waals surface area contributed by atoms with Gasteiger partial charge < -0.3 is 24.7 Å². The van der Waals surface area contributed by atoms with E-state index in [4.69, 9.17) is 24.7 Å². The number of morpholine rings is 1. The summed E-state index contributed by atoms with van der Waals surface area (Å²) in [4.78, 5) is 18.8. The average Bonchev–Trinajstić information content (AvgIpc) is 3.04. The third kappa shape index (κ3) is 8.00. The van der Waals surface area contributed by atoms with E-state index in [2.05, 4.69) is 15.0 Å². The van der Waals surface area contributed by atoms with E-state index in [1.807, 2.05) is 0 Å². The molecule has 1 saturated heterocycles. The predicted molar refractivity (Wildman–Crippen MR) is 163 cm³/mol. The summed E-state index contributed by atoms with van der Waals surface area (Å²) in [5.74, 6) is 0.209. The van der Waals surface area contributed by atoms with Crippen molar-refractivity contribution in [2.75, 3.05) is 51.6 Å². The molecule has 1 aliphatic rings. The van der Waals surface area contributed by atoms with Gasteiger partial charge in [-0.1, -0.05) is 12.1 Å². The number of benzene rings is 3. The van der Waals surface area contributed by atoms with Gasteiger partial charge >= 0.3 is 12.2 Å². The molecule has 0 aliphatic carbocycles. The maximum atomic E-state index is 15.3. The number of halogens is 4. The number of nitrogens with two attached hydrogens (primary N) is 1. The number of alkyl halides is 3. The number of nitrogens with zero attached hydrogens (tertiary/aromatic N) is 4. The largest absolute Gasteiger partial charge is 0.493 e. The normalized spacial score (nSPS) is 14.0. The van der Waals surface area contributed by atoms with E-state index in [-0.39, 0.29) is 22.7 Å². The lowest BCUT2D eigenvalue weighted by Crippen LogP contribution is -2.37. The zero-order valence-corrected chi connectivity index (χ0v) is 24.8. The summed E-state index contributed by atoms with van der Waals surface area (Å²) in [7, 11) is 1.51. The zero-order valence-electron chi connectivity index (χ0n) is 24.8. The number of methoxy groups -OCH3 is 1.